The van der Waals surface area contributed by atoms with Crippen LogP contribution < -0.4 is 15.4 Å². The number of fused-ring (bicyclic) bond motifs is 1. The van der Waals surface area contributed by atoms with Gasteiger partial charge in [-0.05, 0) is 53.8 Å². The molecule has 5 heteroatoms. The summed E-state index contributed by atoms with van der Waals surface area (Å²) in [6.45, 7) is 0. The van der Waals surface area contributed by atoms with E-state index in [4.69, 9.17) is 4.74 Å². The van der Waals surface area contributed by atoms with E-state index in [9.17, 15) is 9.59 Å². The second-order valence-corrected chi connectivity index (χ2v) is 9.76. The van der Waals surface area contributed by atoms with Gasteiger partial charge in [0.1, 0.15) is 5.75 Å². The quantitative estimate of drug-likeness (QED) is 0.292. The summed E-state index contributed by atoms with van der Waals surface area (Å²) in [5.74, 6) is 0.928. The van der Waals surface area contributed by atoms with Gasteiger partial charge in [0.15, 0.2) is 11.6 Å². The van der Waals surface area contributed by atoms with E-state index in [1.807, 2.05) is 91.0 Å². The average Bonchev–Trinajstić information content (AvgIpc) is 3.14. The van der Waals surface area contributed by atoms with Crippen molar-refractivity contribution in [2.45, 2.75) is 24.8 Å². The monoisotopic (exact) mass is 500 g/mol. The number of carbonyl (C=O) groups excluding carboxylic acids is 2. The van der Waals surface area contributed by atoms with Crippen LogP contribution >= 0.6 is 0 Å². The Bertz CT molecular complexity index is 1530. The van der Waals surface area contributed by atoms with Gasteiger partial charge in [0.05, 0.1) is 24.5 Å². The van der Waals surface area contributed by atoms with Gasteiger partial charge in [0.25, 0.3) is 0 Å². The van der Waals surface area contributed by atoms with Crippen LogP contribution in [0.4, 0.5) is 11.4 Å². The van der Waals surface area contributed by atoms with Gasteiger partial charge in [-0.25, -0.2) is 0 Å². The van der Waals surface area contributed by atoms with E-state index >= 15 is 0 Å². The Morgan fingerprint density at radius 1 is 0.763 bits per heavy atom. The van der Waals surface area contributed by atoms with Crippen LogP contribution in [0.5, 0.6) is 5.75 Å². The highest BCUT2D eigenvalue weighted by atomic mass is 16.5. The SMILES string of the molecule is COc1ccc(C2Nc3ccc(C(=O)c4ccccc4)cc3NC3=C2C(=O)CC(c2ccccc2)C3)cc1. The number of carbonyl (C=O) groups is 2. The number of hydrogen-bond donors (Lipinski definition) is 2. The number of anilines is 2. The van der Waals surface area contributed by atoms with E-state index in [1.165, 1.54) is 0 Å². The summed E-state index contributed by atoms with van der Waals surface area (Å²) in [5, 5.41) is 7.19. The molecule has 0 saturated heterocycles. The number of ketones is 2. The molecule has 1 aliphatic carbocycles. The Kier molecular flexibility index (Phi) is 6.26. The van der Waals surface area contributed by atoms with Gasteiger partial charge in [0.2, 0.25) is 0 Å². The number of methoxy groups -OCH3 is 1. The molecule has 2 N–H and O–H groups in total. The molecule has 188 valence electrons. The fourth-order valence-corrected chi connectivity index (χ4v) is 5.45. The molecule has 4 aromatic rings. The fourth-order valence-electron chi connectivity index (χ4n) is 5.45. The zero-order chi connectivity index (χ0) is 26.1. The minimum atomic E-state index is -0.329. The van der Waals surface area contributed by atoms with Gasteiger partial charge in [-0.15, -0.1) is 0 Å². The largest absolute Gasteiger partial charge is 0.497 e. The molecule has 0 bridgehead atoms. The van der Waals surface area contributed by atoms with Crippen LogP contribution in [0.15, 0.2) is 114 Å². The van der Waals surface area contributed by atoms with Crippen molar-refractivity contribution in [2.75, 3.05) is 17.7 Å². The zero-order valence-corrected chi connectivity index (χ0v) is 21.1. The molecular weight excluding hydrogens is 472 g/mol. The summed E-state index contributed by atoms with van der Waals surface area (Å²) in [7, 11) is 1.64. The van der Waals surface area contributed by atoms with Crippen molar-refractivity contribution in [1.29, 1.82) is 0 Å². The van der Waals surface area contributed by atoms with Crippen LogP contribution in [0.3, 0.4) is 0 Å². The van der Waals surface area contributed by atoms with Crippen LogP contribution in [-0.4, -0.2) is 18.7 Å². The number of nitrogens with one attached hydrogen (secondary N) is 2. The van der Waals surface area contributed by atoms with E-state index in [2.05, 4.69) is 22.8 Å². The third kappa shape index (κ3) is 4.48. The minimum absolute atomic E-state index is 0.0396. The van der Waals surface area contributed by atoms with E-state index in [0.717, 1.165) is 39.5 Å². The lowest BCUT2D eigenvalue weighted by Crippen LogP contribution is -2.26. The summed E-state index contributed by atoms with van der Waals surface area (Å²) in [5.41, 5.74) is 6.63. The van der Waals surface area contributed by atoms with Crippen molar-refractivity contribution in [1.82, 2.24) is 0 Å². The Morgan fingerprint density at radius 3 is 2.18 bits per heavy atom. The van der Waals surface area contributed by atoms with Crippen molar-refractivity contribution < 1.29 is 14.3 Å². The maximum absolute atomic E-state index is 13.8. The van der Waals surface area contributed by atoms with Gasteiger partial charge in [0, 0.05) is 28.8 Å². The summed E-state index contributed by atoms with van der Waals surface area (Å²) in [4.78, 5) is 27.0. The number of rotatable bonds is 5. The molecule has 5 nitrogen and oxygen atoms in total. The van der Waals surface area contributed by atoms with Crippen molar-refractivity contribution in [2.24, 2.45) is 0 Å². The molecular formula is C33H28N2O3. The highest BCUT2D eigenvalue weighted by molar-refractivity contribution is 6.10. The average molecular weight is 501 g/mol. The van der Waals surface area contributed by atoms with Crippen molar-refractivity contribution in [3.8, 4) is 5.75 Å². The number of allylic oxidation sites excluding steroid dienone is 1. The summed E-state index contributed by atoms with van der Waals surface area (Å²) in [6.07, 6.45) is 1.16. The number of ether oxygens (including phenoxy) is 1. The summed E-state index contributed by atoms with van der Waals surface area (Å²) < 4.78 is 5.36. The maximum atomic E-state index is 13.8. The Balaban J connectivity index is 1.43. The van der Waals surface area contributed by atoms with Crippen LogP contribution in [0.1, 0.15) is 51.8 Å². The first-order chi connectivity index (χ1) is 18.6. The standard InChI is InChI=1S/C33H28N2O3/c1-38-26-15-12-22(13-16-26)32-31-29(19-25(20-30(31)36)21-8-4-2-5-9-21)34-28-18-24(14-17-27(28)35-32)33(37)23-10-6-3-7-11-23/h2-18,25,32,34-35H,19-20H2,1H3. The highest BCUT2D eigenvalue weighted by Crippen LogP contribution is 2.44. The molecule has 4 aromatic carbocycles. The highest BCUT2D eigenvalue weighted by Gasteiger charge is 2.36. The fraction of sp³-hybridized carbons (Fsp3) is 0.152. The molecule has 2 unspecified atom stereocenters. The van der Waals surface area contributed by atoms with Crippen molar-refractivity contribution >= 4 is 22.9 Å². The molecule has 0 spiro atoms. The van der Waals surface area contributed by atoms with Crippen LogP contribution in [0.25, 0.3) is 0 Å². The Hall–Kier alpha value is -4.64. The van der Waals surface area contributed by atoms with Crippen molar-refractivity contribution in [3.63, 3.8) is 0 Å². The molecule has 0 amide bonds. The Morgan fingerprint density at radius 2 is 1.47 bits per heavy atom. The van der Waals surface area contributed by atoms with Gasteiger partial charge in [-0.2, -0.15) is 0 Å². The first kappa shape index (κ1) is 23.7. The topological polar surface area (TPSA) is 67.4 Å². The van der Waals surface area contributed by atoms with E-state index in [0.29, 0.717) is 24.0 Å². The van der Waals surface area contributed by atoms with Crippen LogP contribution in [0.2, 0.25) is 0 Å². The third-order valence-electron chi connectivity index (χ3n) is 7.42. The van der Waals surface area contributed by atoms with Gasteiger partial charge < -0.3 is 15.4 Å². The molecule has 1 aliphatic heterocycles. The second-order valence-electron chi connectivity index (χ2n) is 9.76. The third-order valence-corrected chi connectivity index (χ3v) is 7.42. The zero-order valence-electron chi connectivity index (χ0n) is 21.1. The number of hydrogen-bond acceptors (Lipinski definition) is 5. The maximum Gasteiger partial charge on any atom is 0.193 e. The van der Waals surface area contributed by atoms with Crippen LogP contribution in [0, 0.1) is 0 Å². The smallest absolute Gasteiger partial charge is 0.193 e. The second kappa shape index (κ2) is 10.0. The molecule has 0 fully saturated rings. The molecule has 0 saturated carbocycles. The molecule has 0 aromatic heterocycles. The van der Waals surface area contributed by atoms with Gasteiger partial charge in [-0.1, -0.05) is 72.8 Å². The Labute approximate surface area is 222 Å². The first-order valence-electron chi connectivity index (χ1n) is 12.8. The predicted octanol–water partition coefficient (Wildman–Crippen LogP) is 6.91. The molecule has 0 radical (unpaired) electrons. The lowest BCUT2D eigenvalue weighted by atomic mass is 9.78. The molecule has 1 heterocycles. The van der Waals surface area contributed by atoms with Crippen LogP contribution in [-0.2, 0) is 4.79 Å². The van der Waals surface area contributed by atoms with E-state index in [-0.39, 0.29) is 23.5 Å². The normalized spacial score (nSPS) is 18.4. The van der Waals surface area contributed by atoms with Gasteiger partial charge >= 0.3 is 0 Å². The first-order valence-corrected chi connectivity index (χ1v) is 12.8. The van der Waals surface area contributed by atoms with E-state index < -0.39 is 0 Å². The predicted molar refractivity (Wildman–Crippen MR) is 150 cm³/mol. The molecule has 6 rings (SSSR count). The summed E-state index contributed by atoms with van der Waals surface area (Å²) in [6, 6.07) is 32.6. The number of benzene rings is 4. The molecule has 2 aliphatic rings. The number of Topliss-reactive ketones (excluding diaryl/α,β-unsaturated/α-hetero) is 1. The van der Waals surface area contributed by atoms with Gasteiger partial charge in [-0.3, -0.25) is 9.59 Å². The molecule has 2 atom stereocenters. The van der Waals surface area contributed by atoms with E-state index in [1.54, 1.807) is 7.11 Å². The lowest BCUT2D eigenvalue weighted by molar-refractivity contribution is -0.116. The summed E-state index contributed by atoms with van der Waals surface area (Å²) >= 11 is 0. The lowest BCUT2D eigenvalue weighted by Gasteiger charge is -2.30. The van der Waals surface area contributed by atoms with Crippen molar-refractivity contribution in [3.05, 3.63) is 137 Å². The molecule has 38 heavy (non-hydrogen) atoms. The minimum Gasteiger partial charge on any atom is -0.497 e.